The number of nitro groups is 3. The second kappa shape index (κ2) is 3.88. The quantitative estimate of drug-likeness (QED) is 0.398. The molecule has 0 aliphatic rings. The monoisotopic (exact) mass is 231 g/mol. The molecule has 86 valence electrons. The molecular weight excluding hydrogens is 226 g/mol. The van der Waals surface area contributed by atoms with Crippen LogP contribution in [0.3, 0.4) is 0 Å². The van der Waals surface area contributed by atoms with E-state index >= 15 is 0 Å². The van der Waals surface area contributed by atoms with E-state index in [0.717, 1.165) is 10.9 Å². The molecule has 16 heavy (non-hydrogen) atoms. The van der Waals surface area contributed by atoms with Crippen LogP contribution in [0.5, 0.6) is 0 Å². The van der Waals surface area contributed by atoms with E-state index in [1.807, 2.05) is 0 Å². The summed E-state index contributed by atoms with van der Waals surface area (Å²) in [6, 6.07) is 0. The van der Waals surface area contributed by atoms with Crippen LogP contribution in [0.1, 0.15) is 11.9 Å². The summed E-state index contributed by atoms with van der Waals surface area (Å²) in [5.41, 5.74) is -0.667. The van der Waals surface area contributed by atoms with Crippen LogP contribution in [0.25, 0.3) is 0 Å². The average molecular weight is 231 g/mol. The molecule has 0 N–H and O–H groups in total. The predicted octanol–water partition coefficient (Wildman–Crippen LogP) is -0.120. The summed E-state index contributed by atoms with van der Waals surface area (Å²) in [6.07, 6.45) is -1.49. The lowest BCUT2D eigenvalue weighted by Crippen LogP contribution is -2.23. The highest BCUT2D eigenvalue weighted by molar-refractivity contribution is 5.27. The molecule has 1 aromatic heterocycles. The molecule has 0 amide bonds. The third kappa shape index (κ3) is 1.77. The maximum Gasteiger partial charge on any atom is 0.499 e. The zero-order chi connectivity index (χ0) is 12.5. The number of nitrogens with zero attached hydrogens (tertiary/aromatic N) is 5. The van der Waals surface area contributed by atoms with Crippen LogP contribution in [-0.4, -0.2) is 24.3 Å². The fourth-order valence-corrected chi connectivity index (χ4v) is 1.14. The van der Waals surface area contributed by atoms with Gasteiger partial charge in [-0.2, -0.15) is 0 Å². The Hall–Kier alpha value is -2.59. The van der Waals surface area contributed by atoms with Crippen molar-refractivity contribution in [3.05, 3.63) is 42.4 Å². The van der Waals surface area contributed by atoms with Gasteiger partial charge >= 0.3 is 12.0 Å². The van der Waals surface area contributed by atoms with Crippen LogP contribution < -0.4 is 0 Å². The van der Waals surface area contributed by atoms with Crippen molar-refractivity contribution < 1.29 is 14.8 Å². The van der Waals surface area contributed by atoms with Crippen LogP contribution in [-0.2, 0) is 7.05 Å². The van der Waals surface area contributed by atoms with Gasteiger partial charge < -0.3 is 10.1 Å². The van der Waals surface area contributed by atoms with E-state index in [2.05, 4.69) is 4.98 Å². The lowest BCUT2D eigenvalue weighted by atomic mass is 10.3. The molecule has 0 bridgehead atoms. The number of hydrogen-bond acceptors (Lipinski definition) is 7. The van der Waals surface area contributed by atoms with Crippen molar-refractivity contribution in [1.29, 1.82) is 0 Å². The van der Waals surface area contributed by atoms with Gasteiger partial charge in [0, 0.05) is 7.05 Å². The van der Waals surface area contributed by atoms with Crippen molar-refractivity contribution in [2.24, 2.45) is 7.05 Å². The Morgan fingerprint density at radius 2 is 1.75 bits per heavy atom. The van der Waals surface area contributed by atoms with E-state index in [4.69, 9.17) is 0 Å². The number of hydrogen-bond donors (Lipinski definition) is 0. The molecule has 0 aliphatic carbocycles. The molecule has 0 atom stereocenters. The number of imidazole rings is 1. The van der Waals surface area contributed by atoms with Gasteiger partial charge in [0.2, 0.25) is 6.33 Å². The lowest BCUT2D eigenvalue weighted by molar-refractivity contribution is -0.754. The Kier molecular flexibility index (Phi) is 2.78. The van der Waals surface area contributed by atoms with E-state index in [-0.39, 0.29) is 0 Å². The fourth-order valence-electron chi connectivity index (χ4n) is 1.14. The molecule has 0 saturated heterocycles. The van der Waals surface area contributed by atoms with Crippen molar-refractivity contribution in [1.82, 2.24) is 9.55 Å². The summed E-state index contributed by atoms with van der Waals surface area (Å²) < 4.78 is 0.883. The van der Waals surface area contributed by atoms with Crippen molar-refractivity contribution >= 4 is 5.82 Å². The van der Waals surface area contributed by atoms with Gasteiger partial charge in [-0.05, 0) is 9.91 Å². The number of rotatable bonds is 4. The minimum absolute atomic E-state index is 0.667. The van der Waals surface area contributed by atoms with Gasteiger partial charge in [0.25, 0.3) is 5.69 Å². The topological polar surface area (TPSA) is 147 Å². The fraction of sp³-hybridized carbons (Fsp3) is 0.400. The summed E-state index contributed by atoms with van der Waals surface area (Å²) in [4.78, 5) is 31.2. The second-order valence-electron chi connectivity index (χ2n) is 2.77. The highest BCUT2D eigenvalue weighted by Crippen LogP contribution is 2.25. The Bertz CT molecular complexity index is 452. The van der Waals surface area contributed by atoms with Gasteiger partial charge in [-0.15, -0.1) is 0 Å². The Labute approximate surface area is 86.8 Å². The summed E-state index contributed by atoms with van der Waals surface area (Å²) in [7, 11) is 1.20. The first-order chi connectivity index (χ1) is 7.36. The molecule has 1 rings (SSSR count). The van der Waals surface area contributed by atoms with Crippen molar-refractivity contribution in [3.8, 4) is 0 Å². The first-order valence-corrected chi connectivity index (χ1v) is 3.78. The second-order valence-corrected chi connectivity index (χ2v) is 2.77. The van der Waals surface area contributed by atoms with Crippen molar-refractivity contribution in [3.63, 3.8) is 0 Å². The van der Waals surface area contributed by atoms with Gasteiger partial charge in [0.15, 0.2) is 0 Å². The first-order valence-electron chi connectivity index (χ1n) is 3.78. The highest BCUT2D eigenvalue weighted by Gasteiger charge is 2.45. The van der Waals surface area contributed by atoms with E-state index in [1.165, 1.54) is 7.05 Å². The van der Waals surface area contributed by atoms with Gasteiger partial charge in [0.05, 0.1) is 0 Å². The molecule has 0 spiro atoms. The molecule has 0 radical (unpaired) electrons. The molecule has 0 fully saturated rings. The van der Waals surface area contributed by atoms with Gasteiger partial charge in [-0.25, -0.2) is 0 Å². The molecule has 11 heteroatoms. The Balaban J connectivity index is 3.39. The van der Waals surface area contributed by atoms with Gasteiger partial charge in [0.1, 0.15) is 9.85 Å². The Morgan fingerprint density at radius 3 is 2.12 bits per heavy atom. The number of aryl methyl sites for hydroxylation is 1. The summed E-state index contributed by atoms with van der Waals surface area (Å²) >= 11 is 0. The van der Waals surface area contributed by atoms with Gasteiger partial charge in [-0.1, -0.05) is 0 Å². The molecule has 11 nitrogen and oxygen atoms in total. The van der Waals surface area contributed by atoms with E-state index in [0.29, 0.717) is 0 Å². The third-order valence-electron chi connectivity index (χ3n) is 1.78. The first kappa shape index (κ1) is 11.5. The summed E-state index contributed by atoms with van der Waals surface area (Å²) in [5.74, 6) is -0.888. The minimum atomic E-state index is -2.40. The molecule has 0 aliphatic heterocycles. The Morgan fingerprint density at radius 1 is 1.25 bits per heavy atom. The highest BCUT2D eigenvalue weighted by atomic mass is 16.7. The molecule has 1 aromatic rings. The summed E-state index contributed by atoms with van der Waals surface area (Å²) in [6.45, 7) is 0. The normalized spacial score (nSPS) is 10.4. The zero-order valence-corrected chi connectivity index (χ0v) is 7.84. The largest absolute Gasteiger partial charge is 0.499 e. The van der Waals surface area contributed by atoms with Gasteiger partial charge in [-0.3, -0.25) is 24.8 Å². The average Bonchev–Trinajstić information content (AvgIpc) is 2.47. The van der Waals surface area contributed by atoms with Crippen LogP contribution in [0, 0.1) is 30.3 Å². The maximum atomic E-state index is 10.5. The van der Waals surface area contributed by atoms with Crippen LogP contribution in [0.15, 0.2) is 6.33 Å². The van der Waals surface area contributed by atoms with E-state index in [1.54, 1.807) is 0 Å². The predicted molar refractivity (Wildman–Crippen MR) is 46.6 cm³/mol. The minimum Gasteiger partial charge on any atom is -0.358 e. The SMILES string of the molecule is Cn1cnc([N+](=O)[O-])c1C([N+](=O)[O-])[N+](=O)[O-]. The zero-order valence-electron chi connectivity index (χ0n) is 7.84. The molecular formula is C5H5N5O6. The third-order valence-corrected chi connectivity index (χ3v) is 1.78. The maximum absolute atomic E-state index is 10.5. The van der Waals surface area contributed by atoms with Crippen LogP contribution in [0.4, 0.5) is 5.82 Å². The van der Waals surface area contributed by atoms with Crippen LogP contribution in [0.2, 0.25) is 0 Å². The summed E-state index contributed by atoms with van der Waals surface area (Å²) in [5, 5.41) is 31.4. The number of aromatic nitrogens is 2. The van der Waals surface area contributed by atoms with Crippen molar-refractivity contribution in [2.75, 3.05) is 0 Å². The van der Waals surface area contributed by atoms with E-state index < -0.39 is 32.4 Å². The lowest BCUT2D eigenvalue weighted by Gasteiger charge is -2.01. The molecule has 0 aromatic carbocycles. The smallest absolute Gasteiger partial charge is 0.358 e. The van der Waals surface area contributed by atoms with E-state index in [9.17, 15) is 30.3 Å². The molecule has 1 heterocycles. The van der Waals surface area contributed by atoms with Crippen molar-refractivity contribution in [2.45, 2.75) is 6.17 Å². The van der Waals surface area contributed by atoms with Crippen LogP contribution >= 0.6 is 0 Å². The molecule has 0 unspecified atom stereocenters. The standard InChI is InChI=1S/C5H5N5O6/c1-7-2-6-4(8(11)12)3(7)5(9(13)14)10(15)16/h2,5H,1H3. The molecule has 0 saturated carbocycles.